The number of methoxy groups -OCH3 is 2. The average Bonchev–Trinajstić information content (AvgIpc) is 3.13. The monoisotopic (exact) mass is 367 g/mol. The van der Waals surface area contributed by atoms with E-state index in [1.54, 1.807) is 0 Å². The third-order valence-corrected chi connectivity index (χ3v) is 7.15. The number of ether oxygens (including phenoxy) is 2. The first-order valence-electron chi connectivity index (χ1n) is 9.24. The van der Waals surface area contributed by atoms with Gasteiger partial charge in [0.15, 0.2) is 10.8 Å². The first kappa shape index (κ1) is 17.9. The highest BCUT2D eigenvalue weighted by Gasteiger charge is 3.03. The van der Waals surface area contributed by atoms with Crippen LogP contribution in [0.1, 0.15) is 18.4 Å². The third kappa shape index (κ3) is 1.77. The minimum Gasteiger partial charge on any atom is -0.331 e. The minimum absolute atomic E-state index is 0.293. The summed E-state index contributed by atoms with van der Waals surface area (Å²) in [5, 5.41) is 20.3. The number of likely N-dealkylation sites (tertiary alicyclic amines) is 1. The predicted molar refractivity (Wildman–Crippen MR) is 95.5 cm³/mol. The molecule has 0 aromatic heterocycles. The summed E-state index contributed by atoms with van der Waals surface area (Å²) in [6.45, 7) is 2.68. The van der Waals surface area contributed by atoms with Crippen molar-refractivity contribution in [1.29, 1.82) is 10.5 Å². The standard InChI is InChI=1S/C20H23N5O2/c1-26-20(27-2)19(14-22)17(18(19,13-21)16(23)24-20)8-10-25(11-9-17)12-15-6-4-3-5-7-15/h3-7H,8-12H2,1-2H3,(H2,23,24)/p+2/t18-,19+/m0/s1. The fourth-order valence-corrected chi connectivity index (χ4v) is 5.93. The smallest absolute Gasteiger partial charge is 0.331 e. The highest BCUT2D eigenvalue weighted by atomic mass is 16.7. The van der Waals surface area contributed by atoms with Crippen molar-refractivity contribution in [3.63, 3.8) is 0 Å². The van der Waals surface area contributed by atoms with E-state index < -0.39 is 22.2 Å². The number of benzene rings is 1. The van der Waals surface area contributed by atoms with Gasteiger partial charge in [-0.25, -0.2) is 4.99 Å². The largest absolute Gasteiger partial charge is 0.342 e. The zero-order chi connectivity index (χ0) is 19.3. The van der Waals surface area contributed by atoms with Crippen molar-refractivity contribution >= 4 is 5.84 Å². The van der Waals surface area contributed by atoms with Gasteiger partial charge in [0.25, 0.3) is 5.84 Å². The lowest BCUT2D eigenvalue weighted by atomic mass is 9.80. The van der Waals surface area contributed by atoms with E-state index in [0.717, 1.165) is 32.5 Å². The number of nitriles is 2. The Bertz CT molecular complexity index is 859. The van der Waals surface area contributed by atoms with Crippen LogP contribution >= 0.6 is 0 Å². The van der Waals surface area contributed by atoms with Gasteiger partial charge in [-0.2, -0.15) is 10.5 Å². The molecular weight excluding hydrogens is 342 g/mol. The Morgan fingerprint density at radius 2 is 1.74 bits per heavy atom. The molecule has 1 spiro atoms. The number of hydrogen-bond donors (Lipinski definition) is 3. The molecule has 1 aromatic rings. The molecule has 7 nitrogen and oxygen atoms in total. The van der Waals surface area contributed by atoms with E-state index in [1.165, 1.54) is 24.7 Å². The maximum Gasteiger partial charge on any atom is 0.342 e. The molecule has 4 N–H and O–H groups in total. The Morgan fingerprint density at radius 1 is 1.11 bits per heavy atom. The van der Waals surface area contributed by atoms with Crippen molar-refractivity contribution in [3.05, 3.63) is 35.9 Å². The summed E-state index contributed by atoms with van der Waals surface area (Å²) in [4.78, 5) is 4.42. The van der Waals surface area contributed by atoms with Crippen molar-refractivity contribution in [3.8, 4) is 12.1 Å². The maximum atomic E-state index is 10.2. The van der Waals surface area contributed by atoms with Crippen LogP contribution in [0, 0.1) is 38.9 Å². The SMILES string of the molecule is COC1(OC)[NH+]=C(N)[C@@]2(C#N)C3(CC[NH+](Cc4ccccc4)CC3)[C@@]12C#N. The predicted octanol–water partition coefficient (Wildman–Crippen LogP) is -1.72. The van der Waals surface area contributed by atoms with E-state index in [2.05, 4.69) is 29.3 Å². The van der Waals surface area contributed by atoms with Gasteiger partial charge in [0.05, 0.1) is 25.2 Å². The Balaban J connectivity index is 1.65. The summed E-state index contributed by atoms with van der Waals surface area (Å²) in [6, 6.07) is 15.2. The summed E-state index contributed by atoms with van der Waals surface area (Å²) >= 11 is 0. The van der Waals surface area contributed by atoms with E-state index in [-0.39, 0.29) is 0 Å². The molecule has 3 aliphatic rings. The normalized spacial score (nSPS) is 38.5. The Hall–Kier alpha value is -2.45. The molecule has 0 bridgehead atoms. The van der Waals surface area contributed by atoms with Gasteiger partial charge in [0.2, 0.25) is 0 Å². The molecule has 1 aromatic carbocycles. The lowest BCUT2D eigenvalue weighted by Gasteiger charge is -2.35. The molecule has 1 saturated carbocycles. The average molecular weight is 367 g/mol. The zero-order valence-corrected chi connectivity index (χ0v) is 15.7. The molecule has 0 amide bonds. The van der Waals surface area contributed by atoms with E-state index >= 15 is 0 Å². The van der Waals surface area contributed by atoms with Gasteiger partial charge in [-0.3, -0.25) is 5.73 Å². The zero-order valence-electron chi connectivity index (χ0n) is 15.7. The summed E-state index contributed by atoms with van der Waals surface area (Å²) in [6.07, 6.45) is 1.46. The molecular formula is C20H25N5O2+2. The number of fused-ring (bicyclic) bond motifs is 3. The Morgan fingerprint density at radius 3 is 2.26 bits per heavy atom. The van der Waals surface area contributed by atoms with Crippen LogP contribution in [0.4, 0.5) is 0 Å². The Kier molecular flexibility index (Phi) is 3.83. The van der Waals surface area contributed by atoms with Crippen LogP contribution in [0.15, 0.2) is 30.3 Å². The van der Waals surface area contributed by atoms with Crippen LogP contribution in [-0.2, 0) is 16.0 Å². The Labute approximate surface area is 159 Å². The van der Waals surface area contributed by atoms with Gasteiger partial charge < -0.3 is 14.4 Å². The van der Waals surface area contributed by atoms with Crippen molar-refractivity contribution in [2.45, 2.75) is 25.3 Å². The van der Waals surface area contributed by atoms with E-state index in [1.807, 2.05) is 18.2 Å². The van der Waals surface area contributed by atoms with E-state index in [4.69, 9.17) is 15.2 Å². The number of nitrogens with zero attached hydrogens (tertiary/aromatic N) is 2. The number of nitrogens with two attached hydrogens (primary N) is 1. The maximum absolute atomic E-state index is 10.2. The second-order valence-corrected chi connectivity index (χ2v) is 7.78. The molecule has 140 valence electrons. The van der Waals surface area contributed by atoms with Gasteiger partial charge in [-0.15, -0.1) is 0 Å². The molecule has 1 aliphatic carbocycles. The fourth-order valence-electron chi connectivity index (χ4n) is 5.93. The van der Waals surface area contributed by atoms with Crippen LogP contribution in [0.25, 0.3) is 0 Å². The van der Waals surface area contributed by atoms with Gasteiger partial charge in [0, 0.05) is 38.0 Å². The number of rotatable bonds is 4. The lowest BCUT2D eigenvalue weighted by Crippen LogP contribution is -3.12. The van der Waals surface area contributed by atoms with Crippen molar-refractivity contribution in [2.75, 3.05) is 27.3 Å². The molecule has 1 saturated heterocycles. The molecule has 2 heterocycles. The highest BCUT2D eigenvalue weighted by molar-refractivity contribution is 5.95. The third-order valence-electron chi connectivity index (χ3n) is 7.15. The number of piperidine rings is 1. The van der Waals surface area contributed by atoms with Crippen LogP contribution in [0.3, 0.4) is 0 Å². The van der Waals surface area contributed by atoms with E-state index in [0.29, 0.717) is 5.84 Å². The molecule has 0 unspecified atom stereocenters. The fraction of sp³-hybridized carbons (Fsp3) is 0.550. The molecule has 2 aliphatic heterocycles. The molecule has 2 atom stereocenters. The molecule has 0 radical (unpaired) electrons. The van der Waals surface area contributed by atoms with Crippen molar-refractivity contribution in [1.82, 2.24) is 0 Å². The van der Waals surface area contributed by atoms with Crippen LogP contribution < -0.4 is 15.6 Å². The molecule has 27 heavy (non-hydrogen) atoms. The van der Waals surface area contributed by atoms with Crippen LogP contribution in [0.5, 0.6) is 0 Å². The van der Waals surface area contributed by atoms with Gasteiger partial charge in [-0.05, 0) is 0 Å². The topological polar surface area (TPSA) is 110 Å². The van der Waals surface area contributed by atoms with Crippen LogP contribution in [-0.4, -0.2) is 39.1 Å². The number of amidine groups is 1. The molecule has 4 rings (SSSR count). The second-order valence-electron chi connectivity index (χ2n) is 7.78. The highest BCUT2D eigenvalue weighted by Crippen LogP contribution is 2.84. The second kappa shape index (κ2) is 5.77. The molecule has 2 fully saturated rings. The summed E-state index contributed by atoms with van der Waals surface area (Å²) < 4.78 is 11.3. The van der Waals surface area contributed by atoms with Crippen molar-refractivity contribution < 1.29 is 19.4 Å². The summed E-state index contributed by atoms with van der Waals surface area (Å²) in [5.41, 5.74) is 4.79. The number of hydrogen-bond acceptors (Lipinski definition) is 5. The number of quaternary nitrogens is 1. The summed E-state index contributed by atoms with van der Waals surface area (Å²) in [5.74, 6) is -1.10. The first-order valence-corrected chi connectivity index (χ1v) is 9.24. The van der Waals surface area contributed by atoms with E-state index in [9.17, 15) is 10.5 Å². The first-order chi connectivity index (χ1) is 13.0. The molecule has 7 heteroatoms. The lowest BCUT2D eigenvalue weighted by molar-refractivity contribution is -0.920. The van der Waals surface area contributed by atoms with Crippen LogP contribution in [0.2, 0.25) is 0 Å². The summed E-state index contributed by atoms with van der Waals surface area (Å²) in [7, 11) is 2.97. The van der Waals surface area contributed by atoms with Gasteiger partial charge in [0.1, 0.15) is 6.54 Å². The van der Waals surface area contributed by atoms with Gasteiger partial charge in [-0.1, -0.05) is 30.3 Å². The van der Waals surface area contributed by atoms with Crippen molar-refractivity contribution in [2.24, 2.45) is 22.0 Å². The van der Waals surface area contributed by atoms with Gasteiger partial charge >= 0.3 is 5.91 Å². The number of nitrogens with one attached hydrogen (secondary N) is 2. The minimum atomic E-state index is -1.39. The quantitative estimate of drug-likeness (QED) is 0.549.